The van der Waals surface area contributed by atoms with Crippen molar-refractivity contribution in [3.8, 4) is 12.3 Å². The molecule has 0 saturated carbocycles. The fourth-order valence-electron chi connectivity index (χ4n) is 0.914. The van der Waals surface area contributed by atoms with E-state index in [1.54, 1.807) is 0 Å². The highest BCUT2D eigenvalue weighted by atomic mass is 14.8. The van der Waals surface area contributed by atoms with Gasteiger partial charge in [0, 0.05) is 12.2 Å². The summed E-state index contributed by atoms with van der Waals surface area (Å²) in [4.78, 5) is 0. The summed E-state index contributed by atoms with van der Waals surface area (Å²) < 4.78 is 0. The third-order valence-electron chi connectivity index (χ3n) is 1.54. The number of hydrogen-bond acceptors (Lipinski definition) is 2. The van der Waals surface area contributed by atoms with Crippen molar-refractivity contribution in [1.82, 2.24) is 5.32 Å². The first kappa shape index (κ1) is 8.63. The third-order valence-corrected chi connectivity index (χ3v) is 1.54. The molecule has 0 aliphatic rings. The molecule has 2 nitrogen and oxygen atoms in total. The van der Waals surface area contributed by atoms with Crippen LogP contribution in [0.4, 0.5) is 5.69 Å². The Kier molecular flexibility index (Phi) is 3.18. The van der Waals surface area contributed by atoms with E-state index in [1.807, 2.05) is 24.3 Å². The van der Waals surface area contributed by atoms with Crippen molar-refractivity contribution in [3.05, 3.63) is 29.8 Å². The maximum Gasteiger partial charge on any atom is 0.0576 e. The lowest BCUT2D eigenvalue weighted by molar-refractivity contribution is 0.770. The van der Waals surface area contributed by atoms with Crippen molar-refractivity contribution < 1.29 is 0 Å². The predicted octanol–water partition coefficient (Wildman–Crippen LogP) is 0.992. The molecule has 0 bridgehead atoms. The zero-order valence-electron chi connectivity index (χ0n) is 6.88. The molecule has 0 heterocycles. The fourth-order valence-corrected chi connectivity index (χ4v) is 0.914. The van der Waals surface area contributed by atoms with Gasteiger partial charge in [0.15, 0.2) is 0 Å². The lowest BCUT2D eigenvalue weighted by atomic mass is 10.2. The van der Waals surface area contributed by atoms with Gasteiger partial charge in [-0.1, -0.05) is 18.1 Å². The number of terminal acetylenes is 1. The molecule has 1 aromatic rings. The number of hydrogen-bond donors (Lipinski definition) is 2. The number of nitrogens with one attached hydrogen (secondary N) is 1. The van der Waals surface area contributed by atoms with Crippen molar-refractivity contribution in [2.24, 2.45) is 0 Å². The second kappa shape index (κ2) is 4.42. The van der Waals surface area contributed by atoms with Crippen molar-refractivity contribution in [1.29, 1.82) is 0 Å². The van der Waals surface area contributed by atoms with Gasteiger partial charge in [-0.15, -0.1) is 6.42 Å². The SMILES string of the molecule is C#CCNCc1ccc(N)cc1. The second-order valence-corrected chi connectivity index (χ2v) is 2.55. The largest absolute Gasteiger partial charge is 0.399 e. The van der Waals surface area contributed by atoms with E-state index in [4.69, 9.17) is 12.2 Å². The van der Waals surface area contributed by atoms with Crippen LogP contribution >= 0.6 is 0 Å². The lowest BCUT2D eigenvalue weighted by Crippen LogP contribution is -2.12. The minimum Gasteiger partial charge on any atom is -0.399 e. The summed E-state index contributed by atoms with van der Waals surface area (Å²) in [5, 5.41) is 3.09. The topological polar surface area (TPSA) is 38.0 Å². The first-order valence-corrected chi connectivity index (χ1v) is 3.81. The van der Waals surface area contributed by atoms with Crippen LogP contribution in [0.3, 0.4) is 0 Å². The highest BCUT2D eigenvalue weighted by Crippen LogP contribution is 2.04. The molecule has 62 valence electrons. The van der Waals surface area contributed by atoms with Crippen molar-refractivity contribution in [2.75, 3.05) is 12.3 Å². The van der Waals surface area contributed by atoms with Gasteiger partial charge in [0.2, 0.25) is 0 Å². The van der Waals surface area contributed by atoms with Gasteiger partial charge < -0.3 is 11.1 Å². The highest BCUT2D eigenvalue weighted by Gasteiger charge is 1.89. The second-order valence-electron chi connectivity index (χ2n) is 2.55. The quantitative estimate of drug-likeness (QED) is 0.393. The summed E-state index contributed by atoms with van der Waals surface area (Å²) >= 11 is 0. The summed E-state index contributed by atoms with van der Waals surface area (Å²) in [7, 11) is 0. The summed E-state index contributed by atoms with van der Waals surface area (Å²) in [6.45, 7) is 1.40. The molecule has 1 aromatic carbocycles. The molecule has 0 unspecified atom stereocenters. The first-order chi connectivity index (χ1) is 5.83. The maximum atomic E-state index is 5.53. The van der Waals surface area contributed by atoms with Gasteiger partial charge in [-0.05, 0) is 17.7 Å². The van der Waals surface area contributed by atoms with Gasteiger partial charge in [0.25, 0.3) is 0 Å². The molecule has 0 amide bonds. The average Bonchev–Trinajstić information content (AvgIpc) is 2.09. The van der Waals surface area contributed by atoms with Crippen LogP contribution in [0.15, 0.2) is 24.3 Å². The zero-order chi connectivity index (χ0) is 8.81. The molecule has 0 atom stereocenters. The Bertz CT molecular complexity index is 269. The molecule has 0 saturated heterocycles. The summed E-state index contributed by atoms with van der Waals surface area (Å²) in [6.07, 6.45) is 5.08. The molecule has 0 fully saturated rings. The maximum absolute atomic E-state index is 5.53. The fraction of sp³-hybridized carbons (Fsp3) is 0.200. The van der Waals surface area contributed by atoms with Crippen LogP contribution in [-0.2, 0) is 6.54 Å². The van der Waals surface area contributed by atoms with Crippen molar-refractivity contribution >= 4 is 5.69 Å². The molecular formula is C10H12N2. The Balaban J connectivity index is 2.43. The van der Waals surface area contributed by atoms with Gasteiger partial charge in [0.05, 0.1) is 6.54 Å². The summed E-state index contributed by atoms with van der Waals surface area (Å²) in [6, 6.07) is 7.73. The van der Waals surface area contributed by atoms with Gasteiger partial charge in [-0.2, -0.15) is 0 Å². The molecule has 0 aliphatic heterocycles. The highest BCUT2D eigenvalue weighted by molar-refractivity contribution is 5.39. The Hall–Kier alpha value is -1.46. The van der Waals surface area contributed by atoms with Crippen molar-refractivity contribution in [2.45, 2.75) is 6.54 Å². The molecule has 0 aromatic heterocycles. The minimum atomic E-state index is 0.602. The number of rotatable bonds is 3. The van der Waals surface area contributed by atoms with Crippen molar-refractivity contribution in [3.63, 3.8) is 0 Å². The van der Waals surface area contributed by atoms with Gasteiger partial charge in [-0.3, -0.25) is 0 Å². The Labute approximate surface area is 72.8 Å². The molecule has 0 radical (unpaired) electrons. The summed E-state index contributed by atoms with van der Waals surface area (Å²) in [5.41, 5.74) is 7.51. The van der Waals surface area contributed by atoms with Crippen LogP contribution in [0.1, 0.15) is 5.56 Å². The van der Waals surface area contributed by atoms with E-state index in [0.717, 1.165) is 12.2 Å². The van der Waals surface area contributed by atoms with Crippen LogP contribution in [0, 0.1) is 12.3 Å². The predicted molar refractivity (Wildman–Crippen MR) is 51.4 cm³/mol. The van der Waals surface area contributed by atoms with Gasteiger partial charge in [0.1, 0.15) is 0 Å². The zero-order valence-corrected chi connectivity index (χ0v) is 6.88. The smallest absolute Gasteiger partial charge is 0.0576 e. The van der Waals surface area contributed by atoms with E-state index in [0.29, 0.717) is 6.54 Å². The summed E-state index contributed by atoms with van der Waals surface area (Å²) in [5.74, 6) is 2.51. The lowest BCUT2D eigenvalue weighted by Gasteiger charge is -2.00. The monoisotopic (exact) mass is 160 g/mol. The minimum absolute atomic E-state index is 0.602. The van der Waals surface area contributed by atoms with E-state index < -0.39 is 0 Å². The van der Waals surface area contributed by atoms with E-state index in [1.165, 1.54) is 5.56 Å². The number of anilines is 1. The number of nitrogen functional groups attached to an aromatic ring is 1. The Morgan fingerprint density at radius 3 is 2.58 bits per heavy atom. The average molecular weight is 160 g/mol. The molecule has 2 heteroatoms. The normalized spacial score (nSPS) is 9.25. The van der Waals surface area contributed by atoms with E-state index in [9.17, 15) is 0 Å². The molecule has 12 heavy (non-hydrogen) atoms. The Morgan fingerprint density at radius 2 is 2.00 bits per heavy atom. The molecule has 0 spiro atoms. The number of nitrogens with two attached hydrogens (primary N) is 1. The first-order valence-electron chi connectivity index (χ1n) is 3.81. The molecule has 1 rings (SSSR count). The van der Waals surface area contributed by atoms with Crippen LogP contribution in [0.2, 0.25) is 0 Å². The van der Waals surface area contributed by atoms with Gasteiger partial charge in [-0.25, -0.2) is 0 Å². The van der Waals surface area contributed by atoms with Crippen LogP contribution in [0.25, 0.3) is 0 Å². The number of benzene rings is 1. The Morgan fingerprint density at radius 1 is 1.33 bits per heavy atom. The van der Waals surface area contributed by atoms with E-state index >= 15 is 0 Å². The van der Waals surface area contributed by atoms with Gasteiger partial charge >= 0.3 is 0 Å². The van der Waals surface area contributed by atoms with Crippen LogP contribution in [-0.4, -0.2) is 6.54 Å². The van der Waals surface area contributed by atoms with E-state index in [2.05, 4.69) is 11.2 Å². The van der Waals surface area contributed by atoms with Crippen LogP contribution in [0.5, 0.6) is 0 Å². The van der Waals surface area contributed by atoms with Crippen LogP contribution < -0.4 is 11.1 Å². The molecule has 0 aliphatic carbocycles. The molecular weight excluding hydrogens is 148 g/mol. The third kappa shape index (κ3) is 2.65. The standard InChI is InChI=1S/C10H12N2/c1-2-7-12-8-9-3-5-10(11)6-4-9/h1,3-6,12H,7-8,11H2. The van der Waals surface area contributed by atoms with E-state index in [-0.39, 0.29) is 0 Å². The molecule has 3 N–H and O–H groups in total.